The number of carbonyl (C=O) groups is 2. The van der Waals surface area contributed by atoms with Gasteiger partial charge in [0.15, 0.2) is 0 Å². The van der Waals surface area contributed by atoms with Crippen LogP contribution in [0, 0.1) is 17.8 Å². The summed E-state index contributed by atoms with van der Waals surface area (Å²) in [7, 11) is 0. The van der Waals surface area contributed by atoms with Crippen LogP contribution in [-0.2, 0) is 30.4 Å². The fourth-order valence-electron chi connectivity index (χ4n) is 10.5. The van der Waals surface area contributed by atoms with E-state index in [0.717, 1.165) is 61.6 Å². The lowest BCUT2D eigenvalue weighted by Crippen LogP contribution is -2.70. The van der Waals surface area contributed by atoms with Crippen molar-refractivity contribution in [2.75, 3.05) is 72.6 Å². The maximum Gasteiger partial charge on any atom is 0.412 e. The standard InChI is InChI=1S/C56H85N3O12/c1-4-7-8-9-10-11-12-13-14-20-29-57-54(63)70-45-27-28-50-48(40-45)52-46(26-19-22-32-61)44(25-18-21-31-60)39-47-49(58-69-6-3)41-51(56(71-50,53(47)52)68-34-5-2)59(30-35-65-36-33-62)55(64)67-38-37-66-42-43-23-16-15-17-24-43/h5,15-17,23-24,27-28,39-40,44,46,51-53,60-62H,2,4,6-14,18-22,25-26,29-38,41-42H2,1,3H3,(H,57,63). The Hall–Kier alpha value is -4.51. The summed E-state index contributed by atoms with van der Waals surface area (Å²) in [5.41, 5.74) is 3.34. The van der Waals surface area contributed by atoms with E-state index in [1.54, 1.807) is 17.0 Å². The van der Waals surface area contributed by atoms with Crippen molar-refractivity contribution in [3.63, 3.8) is 0 Å². The van der Waals surface area contributed by atoms with Crippen molar-refractivity contribution in [2.45, 2.75) is 147 Å². The lowest BCUT2D eigenvalue weighted by molar-refractivity contribution is -0.256. The summed E-state index contributed by atoms with van der Waals surface area (Å²) >= 11 is 0. The lowest BCUT2D eigenvalue weighted by Gasteiger charge is -2.59. The van der Waals surface area contributed by atoms with Crippen LogP contribution in [0.1, 0.15) is 140 Å². The number of benzene rings is 2. The molecule has 15 heteroatoms. The topological polar surface area (TPSA) is 187 Å². The molecule has 2 aromatic rings. The van der Waals surface area contributed by atoms with E-state index < -0.39 is 29.9 Å². The van der Waals surface area contributed by atoms with Gasteiger partial charge in [0.2, 0.25) is 5.79 Å². The van der Waals surface area contributed by atoms with E-state index in [9.17, 15) is 24.9 Å². The SMILES string of the molecule is C=CCOC12Oc3ccc(OC(=O)NCCCCCCCCCCCC)cc3C3C(CCCCO)C(CCCCO)C=C(C(=NOCC)CC1N(CCOCCO)C(=O)OCCOCc1ccccc1)C32. The summed E-state index contributed by atoms with van der Waals surface area (Å²) in [4.78, 5) is 35.5. The number of nitrogens with zero attached hydrogens (tertiary/aromatic N) is 2. The minimum Gasteiger partial charge on any atom is -0.459 e. The molecule has 5 rings (SSSR count). The van der Waals surface area contributed by atoms with Gasteiger partial charge in [-0.25, -0.2) is 9.59 Å². The third-order valence-corrected chi connectivity index (χ3v) is 13.8. The molecule has 1 heterocycles. The maximum atomic E-state index is 14.6. The van der Waals surface area contributed by atoms with Crippen LogP contribution >= 0.6 is 0 Å². The number of hydrogen-bond donors (Lipinski definition) is 4. The van der Waals surface area contributed by atoms with Crippen molar-refractivity contribution in [3.05, 3.63) is 84.0 Å². The van der Waals surface area contributed by atoms with Crippen LogP contribution in [0.3, 0.4) is 0 Å². The Kier molecular flexibility index (Phi) is 26.3. The first-order valence-electron chi connectivity index (χ1n) is 26.7. The number of allylic oxidation sites excluding steroid dienone is 1. The van der Waals surface area contributed by atoms with E-state index in [1.807, 2.05) is 49.4 Å². The number of amides is 2. The van der Waals surface area contributed by atoms with E-state index in [0.29, 0.717) is 49.8 Å². The van der Waals surface area contributed by atoms with Gasteiger partial charge in [0.25, 0.3) is 0 Å². The van der Waals surface area contributed by atoms with E-state index in [-0.39, 0.29) is 83.6 Å². The van der Waals surface area contributed by atoms with Crippen molar-refractivity contribution in [3.8, 4) is 11.5 Å². The third kappa shape index (κ3) is 17.3. The highest BCUT2D eigenvalue weighted by atomic mass is 16.7. The van der Waals surface area contributed by atoms with Crippen LogP contribution in [0.4, 0.5) is 9.59 Å². The quantitative estimate of drug-likeness (QED) is 0.0288. The highest BCUT2D eigenvalue weighted by Crippen LogP contribution is 2.62. The number of carbonyl (C=O) groups excluding carboxylic acids is 2. The number of rotatable bonds is 36. The monoisotopic (exact) mass is 992 g/mol. The predicted octanol–water partition coefficient (Wildman–Crippen LogP) is 10.0. The second-order valence-corrected chi connectivity index (χ2v) is 18.9. The molecule has 6 unspecified atom stereocenters. The van der Waals surface area contributed by atoms with Gasteiger partial charge in [-0.3, -0.25) is 4.90 Å². The van der Waals surface area contributed by atoms with Crippen LogP contribution in [0.25, 0.3) is 0 Å². The minimum atomic E-state index is -1.54. The number of oxime groups is 1. The van der Waals surface area contributed by atoms with Crippen LogP contribution in [0.15, 0.2) is 78.0 Å². The largest absolute Gasteiger partial charge is 0.459 e. The number of unbranched alkanes of at least 4 members (excludes halogenated alkanes) is 11. The normalized spacial score (nSPS) is 21.6. The number of hydrogen-bond acceptors (Lipinski definition) is 13. The van der Waals surface area contributed by atoms with Gasteiger partial charge in [0, 0.05) is 44.2 Å². The fraction of sp³-hybridized carbons (Fsp3) is 0.661. The van der Waals surface area contributed by atoms with Crippen molar-refractivity contribution < 1.29 is 58.2 Å². The molecule has 0 aromatic heterocycles. The van der Waals surface area contributed by atoms with Gasteiger partial charge in [-0.1, -0.05) is 125 Å². The first-order valence-corrected chi connectivity index (χ1v) is 26.7. The summed E-state index contributed by atoms with van der Waals surface area (Å²) in [6, 6.07) is 14.3. The predicted molar refractivity (Wildman–Crippen MR) is 275 cm³/mol. The van der Waals surface area contributed by atoms with Gasteiger partial charge in [-0.15, -0.1) is 6.58 Å². The molecular formula is C56H85N3O12. The summed E-state index contributed by atoms with van der Waals surface area (Å²) in [5.74, 6) is -1.58. The molecule has 0 radical (unpaired) electrons. The fourth-order valence-corrected chi connectivity index (χ4v) is 10.5. The first kappa shape index (κ1) is 57.4. The number of aliphatic hydroxyl groups is 3. The molecular weight excluding hydrogens is 907 g/mol. The molecule has 1 aliphatic heterocycles. The molecule has 396 valence electrons. The third-order valence-electron chi connectivity index (χ3n) is 13.8. The second kappa shape index (κ2) is 32.5. The van der Waals surface area contributed by atoms with Crippen molar-refractivity contribution in [2.24, 2.45) is 22.9 Å². The molecule has 2 aliphatic carbocycles. The van der Waals surface area contributed by atoms with Crippen LogP contribution in [0.5, 0.6) is 11.5 Å². The van der Waals surface area contributed by atoms with E-state index in [2.05, 4.69) is 24.9 Å². The Bertz CT molecular complexity index is 1910. The van der Waals surface area contributed by atoms with E-state index in [4.69, 9.17) is 38.4 Å². The highest BCUT2D eigenvalue weighted by Gasteiger charge is 2.65. The molecule has 1 fully saturated rings. The molecule has 4 N–H and O–H groups in total. The maximum absolute atomic E-state index is 14.6. The molecule has 2 amide bonds. The summed E-state index contributed by atoms with van der Waals surface area (Å²) < 4.78 is 38.0. The molecule has 3 aliphatic rings. The summed E-state index contributed by atoms with van der Waals surface area (Å²) in [5, 5.41) is 37.3. The molecule has 0 spiro atoms. The zero-order valence-corrected chi connectivity index (χ0v) is 42.8. The zero-order chi connectivity index (χ0) is 50.5. The average Bonchev–Trinajstić information content (AvgIpc) is 3.38. The Morgan fingerprint density at radius 1 is 0.845 bits per heavy atom. The number of nitrogens with one attached hydrogen (secondary N) is 1. The highest BCUT2D eigenvalue weighted by molar-refractivity contribution is 6.03. The molecule has 15 nitrogen and oxygen atoms in total. The summed E-state index contributed by atoms with van der Waals surface area (Å²) in [6.07, 6.45) is 19.2. The molecule has 0 saturated heterocycles. The van der Waals surface area contributed by atoms with Gasteiger partial charge >= 0.3 is 12.2 Å². The first-order chi connectivity index (χ1) is 34.8. The number of fused-ring (bicyclic) bond motifs is 2. The van der Waals surface area contributed by atoms with Crippen LogP contribution in [0.2, 0.25) is 0 Å². The Labute approximate surface area is 423 Å². The van der Waals surface area contributed by atoms with E-state index in [1.165, 1.54) is 44.9 Å². The lowest BCUT2D eigenvalue weighted by atomic mass is 9.55. The van der Waals surface area contributed by atoms with Crippen molar-refractivity contribution in [1.82, 2.24) is 10.2 Å². The number of ether oxygens (including phenoxy) is 6. The Morgan fingerprint density at radius 2 is 1.58 bits per heavy atom. The van der Waals surface area contributed by atoms with Crippen LogP contribution in [-0.4, -0.2) is 122 Å². The molecule has 1 saturated carbocycles. The zero-order valence-electron chi connectivity index (χ0n) is 42.8. The molecule has 6 atom stereocenters. The van der Waals surface area contributed by atoms with Gasteiger partial charge < -0.3 is 53.9 Å². The Morgan fingerprint density at radius 3 is 2.28 bits per heavy atom. The van der Waals surface area contributed by atoms with Gasteiger partial charge in [0.1, 0.15) is 30.8 Å². The molecule has 0 bridgehead atoms. The number of aliphatic hydroxyl groups excluding tert-OH is 3. The van der Waals surface area contributed by atoms with Gasteiger partial charge in [-0.05, 0) is 80.2 Å². The van der Waals surface area contributed by atoms with Gasteiger partial charge in [-0.2, -0.15) is 0 Å². The van der Waals surface area contributed by atoms with Crippen molar-refractivity contribution >= 4 is 17.9 Å². The van der Waals surface area contributed by atoms with E-state index >= 15 is 0 Å². The minimum absolute atomic E-state index is 0.0145. The molecule has 2 aromatic carbocycles. The Balaban J connectivity index is 1.51. The molecule has 71 heavy (non-hydrogen) atoms. The second-order valence-electron chi connectivity index (χ2n) is 18.9. The van der Waals surface area contributed by atoms with Gasteiger partial charge in [0.05, 0.1) is 51.3 Å². The average molecular weight is 992 g/mol. The summed E-state index contributed by atoms with van der Waals surface area (Å²) in [6.45, 7) is 9.68. The smallest absolute Gasteiger partial charge is 0.412 e. The van der Waals surface area contributed by atoms with Crippen LogP contribution < -0.4 is 14.8 Å². The van der Waals surface area contributed by atoms with Crippen molar-refractivity contribution in [1.29, 1.82) is 0 Å².